The number of aryl methyl sites for hydroxylation is 1. The number of rotatable bonds is 4. The molecular weight excluding hydrogens is 364 g/mol. The number of carbonyl (C=O) groups is 1. The average molecular weight is 388 g/mol. The zero-order valence-electron chi connectivity index (χ0n) is 16.1. The number of benzene rings is 2. The number of thiophene rings is 1. The van der Waals surface area contributed by atoms with E-state index in [9.17, 15) is 4.79 Å². The van der Waals surface area contributed by atoms with E-state index in [0.29, 0.717) is 5.56 Å². The maximum Gasteiger partial charge on any atom is 0.339 e. The summed E-state index contributed by atoms with van der Waals surface area (Å²) in [6, 6.07) is 16.2. The third-order valence-corrected chi connectivity index (χ3v) is 7.76. The average Bonchev–Trinajstić information content (AvgIpc) is 3.37. The number of esters is 1. The topological polar surface area (TPSA) is 26.3 Å². The van der Waals surface area contributed by atoms with E-state index in [2.05, 4.69) is 54.6 Å². The second kappa shape index (κ2) is 7.30. The molecule has 0 aliphatic heterocycles. The van der Waals surface area contributed by atoms with Crippen molar-refractivity contribution in [2.75, 3.05) is 0 Å². The van der Waals surface area contributed by atoms with Gasteiger partial charge in [-0.25, -0.2) is 4.79 Å². The summed E-state index contributed by atoms with van der Waals surface area (Å²) in [5, 5.41) is 3.62. The molecule has 1 heterocycles. The summed E-state index contributed by atoms with van der Waals surface area (Å²) in [6.07, 6.45) is 11.6. The maximum absolute atomic E-state index is 12.7. The monoisotopic (exact) mass is 387 g/mol. The molecule has 0 saturated heterocycles. The lowest BCUT2D eigenvalue weighted by Gasteiger charge is -2.30. The molecule has 0 saturated carbocycles. The van der Waals surface area contributed by atoms with Crippen LogP contribution >= 0.6 is 10.5 Å². The van der Waals surface area contributed by atoms with E-state index in [-0.39, 0.29) is 22.4 Å². The Labute approximate surface area is 168 Å². The van der Waals surface area contributed by atoms with Crippen LogP contribution in [0, 0.1) is 25.2 Å². The molecule has 4 rings (SSSR count). The molecule has 0 radical (unpaired) electrons. The van der Waals surface area contributed by atoms with Gasteiger partial charge in [-0.1, -0.05) is 30.2 Å². The van der Waals surface area contributed by atoms with Gasteiger partial charge < -0.3 is 4.74 Å². The highest BCUT2D eigenvalue weighted by molar-refractivity contribution is 7.43. The zero-order valence-corrected chi connectivity index (χ0v) is 17.0. The van der Waals surface area contributed by atoms with Crippen molar-refractivity contribution in [2.45, 2.75) is 32.3 Å². The van der Waals surface area contributed by atoms with Crippen molar-refractivity contribution < 1.29 is 9.53 Å². The molecule has 140 valence electrons. The molecule has 1 aliphatic carbocycles. The first-order chi connectivity index (χ1) is 13.5. The normalized spacial score (nSPS) is 16.7. The minimum Gasteiger partial charge on any atom is -0.442 e. The molecule has 2 nitrogen and oxygen atoms in total. The first kappa shape index (κ1) is 18.5. The Balaban J connectivity index is 1.57. The van der Waals surface area contributed by atoms with Crippen LogP contribution in [0.2, 0.25) is 0 Å². The highest BCUT2D eigenvalue weighted by Crippen LogP contribution is 2.42. The van der Waals surface area contributed by atoms with Crippen molar-refractivity contribution in [1.29, 1.82) is 0 Å². The van der Waals surface area contributed by atoms with E-state index in [1.807, 2.05) is 31.2 Å². The van der Waals surface area contributed by atoms with Gasteiger partial charge in [0.05, 0.1) is 5.56 Å². The maximum atomic E-state index is 12.7. The predicted octanol–water partition coefficient (Wildman–Crippen LogP) is 6.40. The fourth-order valence-electron chi connectivity index (χ4n) is 3.77. The highest BCUT2D eigenvalue weighted by atomic mass is 32.2. The van der Waals surface area contributed by atoms with Gasteiger partial charge in [0, 0.05) is 27.3 Å². The quantitative estimate of drug-likeness (QED) is 0.224. The molecule has 0 spiro atoms. The number of carbonyl (C=O) groups excluding carboxylic acids is 1. The van der Waals surface area contributed by atoms with Crippen LogP contribution in [0.5, 0.6) is 0 Å². The van der Waals surface area contributed by atoms with E-state index in [4.69, 9.17) is 11.2 Å². The van der Waals surface area contributed by atoms with E-state index in [1.54, 1.807) is 0 Å². The third-order valence-electron chi connectivity index (χ3n) is 5.57. The van der Waals surface area contributed by atoms with E-state index < -0.39 is 5.60 Å². The molecule has 2 atom stereocenters. The summed E-state index contributed by atoms with van der Waals surface area (Å²) in [4.78, 5) is 13.9. The fourth-order valence-corrected chi connectivity index (χ4v) is 5.89. The van der Waals surface area contributed by atoms with Crippen molar-refractivity contribution in [3.8, 4) is 17.2 Å². The Morgan fingerprint density at radius 3 is 2.50 bits per heavy atom. The molecular formula is C25H23O2S+. The molecule has 0 bridgehead atoms. The number of allylic oxidation sites excluding steroid dienone is 2. The molecule has 2 unspecified atom stereocenters. The number of terminal acetylenes is 1. The van der Waals surface area contributed by atoms with Crippen molar-refractivity contribution in [2.24, 2.45) is 5.92 Å². The van der Waals surface area contributed by atoms with Crippen LogP contribution in [-0.2, 0) is 4.74 Å². The lowest BCUT2D eigenvalue weighted by Crippen LogP contribution is -2.37. The van der Waals surface area contributed by atoms with Gasteiger partial charge >= 0.3 is 5.97 Å². The summed E-state index contributed by atoms with van der Waals surface area (Å²) in [5.41, 5.74) is 0.955. The van der Waals surface area contributed by atoms with Crippen molar-refractivity contribution in [3.05, 3.63) is 77.2 Å². The second-order valence-electron chi connectivity index (χ2n) is 7.44. The molecule has 28 heavy (non-hydrogen) atoms. The van der Waals surface area contributed by atoms with Gasteiger partial charge in [0.1, 0.15) is 5.38 Å². The van der Waals surface area contributed by atoms with E-state index in [1.165, 1.54) is 20.5 Å². The van der Waals surface area contributed by atoms with E-state index in [0.717, 1.165) is 12.8 Å². The first-order valence-corrected chi connectivity index (χ1v) is 10.8. The molecule has 0 fully saturated rings. The van der Waals surface area contributed by atoms with Crippen molar-refractivity contribution >= 4 is 26.5 Å². The summed E-state index contributed by atoms with van der Waals surface area (Å²) in [6.45, 7) is 3.98. The second-order valence-corrected chi connectivity index (χ2v) is 9.26. The van der Waals surface area contributed by atoms with Crippen LogP contribution in [0.25, 0.3) is 15.0 Å². The molecule has 3 heteroatoms. The molecule has 1 aliphatic rings. The van der Waals surface area contributed by atoms with Gasteiger partial charge in [0.2, 0.25) is 0 Å². The fraction of sp³-hybridized carbons (Fsp3) is 0.240. The summed E-state index contributed by atoms with van der Waals surface area (Å²) in [5.74, 6) is 2.49. The predicted molar refractivity (Wildman–Crippen MR) is 117 cm³/mol. The van der Waals surface area contributed by atoms with Gasteiger partial charge in [-0.05, 0) is 63.1 Å². The van der Waals surface area contributed by atoms with Gasteiger partial charge in [0.15, 0.2) is 15.2 Å². The largest absolute Gasteiger partial charge is 0.442 e. The van der Waals surface area contributed by atoms with Gasteiger partial charge in [-0.3, -0.25) is 0 Å². The van der Waals surface area contributed by atoms with Crippen LogP contribution in [0.4, 0.5) is 0 Å². The lowest BCUT2D eigenvalue weighted by molar-refractivity contribution is -0.00682. The van der Waals surface area contributed by atoms with Crippen LogP contribution in [0.15, 0.2) is 66.1 Å². The minimum absolute atomic E-state index is 0.0945. The molecule has 0 N–H and O–H groups in total. The molecule has 3 aromatic rings. The Bertz CT molecular complexity index is 1090. The SMILES string of the molecule is C#CC(C)(OC(=O)c1ccc(-[s+]2cc(C)c3ccccc32)cc1)C1CC=CC1. The third kappa shape index (κ3) is 3.25. The number of ether oxygens (including phenoxy) is 1. The standard InChI is InChI=1S/C25H23O2S/c1-4-25(3,20-9-5-6-10-20)27-24(26)19-13-15-21(16-14-19)28-17-18(2)22-11-7-8-12-23(22)28/h1,5-8,11-17,20H,9-10H2,2-3H3/q+1. The van der Waals surface area contributed by atoms with Crippen LogP contribution < -0.4 is 0 Å². The lowest BCUT2D eigenvalue weighted by atomic mass is 9.87. The molecule has 1 aromatic heterocycles. The Hall–Kier alpha value is -2.83. The Kier molecular flexibility index (Phi) is 4.83. The smallest absolute Gasteiger partial charge is 0.339 e. The van der Waals surface area contributed by atoms with Gasteiger partial charge in [-0.15, -0.1) is 6.42 Å². The van der Waals surface area contributed by atoms with Crippen molar-refractivity contribution in [1.82, 2.24) is 0 Å². The number of fused-ring (bicyclic) bond motifs is 1. The number of hydrogen-bond acceptors (Lipinski definition) is 2. The Morgan fingerprint density at radius 1 is 1.14 bits per heavy atom. The minimum atomic E-state index is -0.884. The van der Waals surface area contributed by atoms with Gasteiger partial charge in [-0.2, -0.15) is 0 Å². The van der Waals surface area contributed by atoms with Crippen LogP contribution in [0.3, 0.4) is 0 Å². The summed E-state index contributed by atoms with van der Waals surface area (Å²) < 4.78 is 7.11. The number of hydrogen-bond donors (Lipinski definition) is 0. The van der Waals surface area contributed by atoms with Crippen LogP contribution in [-0.4, -0.2) is 11.6 Å². The van der Waals surface area contributed by atoms with Crippen LogP contribution in [0.1, 0.15) is 35.7 Å². The van der Waals surface area contributed by atoms with Crippen molar-refractivity contribution in [3.63, 3.8) is 0 Å². The van der Waals surface area contributed by atoms with Gasteiger partial charge in [0.25, 0.3) is 0 Å². The zero-order chi connectivity index (χ0) is 19.7. The summed E-state index contributed by atoms with van der Waals surface area (Å²) in [7, 11) is -0.0945. The Morgan fingerprint density at radius 2 is 1.82 bits per heavy atom. The first-order valence-electron chi connectivity index (χ1n) is 9.49. The highest BCUT2D eigenvalue weighted by Gasteiger charge is 2.36. The summed E-state index contributed by atoms with van der Waals surface area (Å²) >= 11 is 0. The molecule has 0 amide bonds. The van der Waals surface area contributed by atoms with E-state index >= 15 is 0 Å². The molecule has 2 aromatic carbocycles.